The van der Waals surface area contributed by atoms with Crippen LogP contribution in [0.25, 0.3) is 10.2 Å². The Morgan fingerprint density at radius 3 is 2.93 bits per heavy atom. The average Bonchev–Trinajstić information content (AvgIpc) is 3.42. The fraction of sp³-hybridized carbons (Fsp3) is 0.318. The third kappa shape index (κ3) is 3.18. The van der Waals surface area contributed by atoms with Crippen molar-refractivity contribution in [1.29, 1.82) is 0 Å². The number of hydrogen-bond donors (Lipinski definition) is 1. The first kappa shape index (κ1) is 17.4. The lowest BCUT2D eigenvalue weighted by Gasteiger charge is -2.18. The van der Waals surface area contributed by atoms with Gasteiger partial charge >= 0.3 is 0 Å². The number of aromatic nitrogens is 1. The monoisotopic (exact) mass is 391 g/mol. The summed E-state index contributed by atoms with van der Waals surface area (Å²) in [7, 11) is 0. The Balaban J connectivity index is 1.24. The molecule has 0 saturated carbocycles. The van der Waals surface area contributed by atoms with Crippen LogP contribution in [-0.2, 0) is 29.0 Å². The average molecular weight is 391 g/mol. The fourth-order valence-corrected chi connectivity index (χ4v) is 5.07. The topological polar surface area (TPSA) is 62.3 Å². The summed E-state index contributed by atoms with van der Waals surface area (Å²) in [6, 6.07) is 14.2. The maximum absolute atomic E-state index is 12.6. The van der Waals surface area contributed by atoms with Crippen LogP contribution in [0.2, 0.25) is 0 Å². The van der Waals surface area contributed by atoms with E-state index in [0.29, 0.717) is 13.1 Å². The molecule has 5 rings (SSSR count). The van der Waals surface area contributed by atoms with Crippen LogP contribution in [0, 0.1) is 5.92 Å². The lowest BCUT2D eigenvalue weighted by Crippen LogP contribution is -2.32. The van der Waals surface area contributed by atoms with Crippen molar-refractivity contribution in [2.24, 2.45) is 5.92 Å². The number of fused-ring (bicyclic) bond motifs is 2. The minimum atomic E-state index is -0.310. The SMILES string of the molecule is O=C(NCc1nc2ccccc2s1)C1CC(=O)N(c2ccc3c(c2)CCC3)C1. The van der Waals surface area contributed by atoms with Crippen LogP contribution in [-0.4, -0.2) is 23.3 Å². The number of anilines is 1. The lowest BCUT2D eigenvalue weighted by molar-refractivity contribution is -0.126. The first-order chi connectivity index (χ1) is 13.7. The number of benzene rings is 2. The summed E-state index contributed by atoms with van der Waals surface area (Å²) in [6.07, 6.45) is 3.66. The van der Waals surface area contributed by atoms with Crippen molar-refractivity contribution in [2.75, 3.05) is 11.4 Å². The van der Waals surface area contributed by atoms with E-state index in [0.717, 1.165) is 33.8 Å². The Kier molecular flexibility index (Phi) is 4.36. The molecule has 2 amide bonds. The molecule has 5 nitrogen and oxygen atoms in total. The number of thiazole rings is 1. The maximum Gasteiger partial charge on any atom is 0.227 e. The molecule has 1 N–H and O–H groups in total. The minimum Gasteiger partial charge on any atom is -0.349 e. The molecule has 0 spiro atoms. The van der Waals surface area contributed by atoms with Gasteiger partial charge in [-0.05, 0) is 54.7 Å². The van der Waals surface area contributed by atoms with Crippen molar-refractivity contribution in [2.45, 2.75) is 32.2 Å². The van der Waals surface area contributed by atoms with Crippen LogP contribution >= 0.6 is 11.3 Å². The van der Waals surface area contributed by atoms with E-state index in [-0.39, 0.29) is 24.2 Å². The zero-order valence-corrected chi connectivity index (χ0v) is 16.3. The number of aryl methyl sites for hydroxylation is 2. The van der Waals surface area contributed by atoms with Gasteiger partial charge in [-0.1, -0.05) is 18.2 Å². The summed E-state index contributed by atoms with van der Waals surface area (Å²) >= 11 is 1.59. The highest BCUT2D eigenvalue weighted by atomic mass is 32.1. The van der Waals surface area contributed by atoms with Gasteiger partial charge in [-0.3, -0.25) is 9.59 Å². The van der Waals surface area contributed by atoms with Crippen molar-refractivity contribution in [1.82, 2.24) is 10.3 Å². The third-order valence-electron chi connectivity index (χ3n) is 5.64. The second-order valence-electron chi connectivity index (χ2n) is 7.51. The molecule has 1 aliphatic heterocycles. The highest BCUT2D eigenvalue weighted by molar-refractivity contribution is 7.18. The van der Waals surface area contributed by atoms with Crippen LogP contribution < -0.4 is 10.2 Å². The van der Waals surface area contributed by atoms with Gasteiger partial charge in [0.05, 0.1) is 22.7 Å². The predicted octanol–water partition coefficient (Wildman–Crippen LogP) is 3.45. The van der Waals surface area contributed by atoms with Crippen LogP contribution in [0.4, 0.5) is 5.69 Å². The molecule has 2 aromatic carbocycles. The molecule has 1 aliphatic carbocycles. The predicted molar refractivity (Wildman–Crippen MR) is 110 cm³/mol. The number of carbonyl (C=O) groups is 2. The molecule has 0 bridgehead atoms. The maximum atomic E-state index is 12.6. The van der Waals surface area contributed by atoms with E-state index >= 15 is 0 Å². The van der Waals surface area contributed by atoms with E-state index in [4.69, 9.17) is 0 Å². The first-order valence-corrected chi connectivity index (χ1v) is 10.5. The van der Waals surface area contributed by atoms with Gasteiger partial charge in [0.25, 0.3) is 0 Å². The molecule has 2 heterocycles. The number of hydrogen-bond acceptors (Lipinski definition) is 4. The zero-order chi connectivity index (χ0) is 19.1. The van der Waals surface area contributed by atoms with Gasteiger partial charge in [0, 0.05) is 18.7 Å². The number of para-hydroxylation sites is 1. The quantitative estimate of drug-likeness (QED) is 0.741. The molecule has 1 atom stereocenters. The highest BCUT2D eigenvalue weighted by Crippen LogP contribution is 2.30. The second kappa shape index (κ2) is 7.02. The summed E-state index contributed by atoms with van der Waals surface area (Å²) in [5.41, 5.74) is 4.61. The molecule has 1 unspecified atom stereocenters. The van der Waals surface area contributed by atoms with Gasteiger partial charge in [0.2, 0.25) is 11.8 Å². The zero-order valence-electron chi connectivity index (χ0n) is 15.5. The van der Waals surface area contributed by atoms with Crippen molar-refractivity contribution in [3.8, 4) is 0 Å². The number of nitrogens with zero attached hydrogens (tertiary/aromatic N) is 2. The summed E-state index contributed by atoms with van der Waals surface area (Å²) in [6.45, 7) is 0.852. The van der Waals surface area contributed by atoms with Crippen LogP contribution in [0.1, 0.15) is 29.0 Å². The summed E-state index contributed by atoms with van der Waals surface area (Å²) in [5.74, 6) is -0.357. The molecular weight excluding hydrogens is 370 g/mol. The van der Waals surface area contributed by atoms with Crippen LogP contribution in [0.15, 0.2) is 42.5 Å². The molecule has 1 fully saturated rings. The smallest absolute Gasteiger partial charge is 0.227 e. The molecule has 3 aromatic rings. The summed E-state index contributed by atoms with van der Waals surface area (Å²) in [4.78, 5) is 31.5. The normalized spacial score (nSPS) is 18.6. The Bertz CT molecular complexity index is 1040. The van der Waals surface area contributed by atoms with Gasteiger partial charge in [-0.15, -0.1) is 11.3 Å². The molecular formula is C22H21N3O2S. The van der Waals surface area contributed by atoms with E-state index < -0.39 is 0 Å². The van der Waals surface area contributed by atoms with Gasteiger partial charge in [0.1, 0.15) is 5.01 Å². The van der Waals surface area contributed by atoms with Gasteiger partial charge in [-0.2, -0.15) is 0 Å². The van der Waals surface area contributed by atoms with Gasteiger partial charge < -0.3 is 10.2 Å². The van der Waals surface area contributed by atoms with Gasteiger partial charge in [-0.25, -0.2) is 4.98 Å². The third-order valence-corrected chi connectivity index (χ3v) is 6.68. The number of amides is 2. The van der Waals surface area contributed by atoms with E-state index in [2.05, 4.69) is 22.4 Å². The molecule has 1 saturated heterocycles. The Morgan fingerprint density at radius 2 is 2.04 bits per heavy atom. The van der Waals surface area contributed by atoms with Gasteiger partial charge in [0.15, 0.2) is 0 Å². The number of rotatable bonds is 4. The fourth-order valence-electron chi connectivity index (χ4n) is 4.16. The van der Waals surface area contributed by atoms with Crippen LogP contribution in [0.5, 0.6) is 0 Å². The van der Waals surface area contributed by atoms with Crippen LogP contribution in [0.3, 0.4) is 0 Å². The molecule has 0 radical (unpaired) electrons. The Hall–Kier alpha value is -2.73. The standard InChI is InChI=1S/C22H21N3O2S/c26-21-11-16(13-25(21)17-9-8-14-4-3-5-15(14)10-17)22(27)23-12-20-24-18-6-1-2-7-19(18)28-20/h1-2,6-10,16H,3-5,11-13H2,(H,23,27). The van der Waals surface area contributed by atoms with Crippen molar-refractivity contribution >= 4 is 39.1 Å². The van der Waals surface area contributed by atoms with Crippen molar-refractivity contribution < 1.29 is 9.59 Å². The minimum absolute atomic E-state index is 0.0260. The number of nitrogens with one attached hydrogen (secondary N) is 1. The summed E-state index contributed by atoms with van der Waals surface area (Å²) < 4.78 is 1.12. The Labute approximate surface area is 167 Å². The summed E-state index contributed by atoms with van der Waals surface area (Å²) in [5, 5.41) is 3.85. The van der Waals surface area contributed by atoms with E-state index in [1.54, 1.807) is 16.2 Å². The number of carbonyl (C=O) groups excluding carboxylic acids is 2. The highest BCUT2D eigenvalue weighted by Gasteiger charge is 2.35. The first-order valence-electron chi connectivity index (χ1n) is 9.72. The largest absolute Gasteiger partial charge is 0.349 e. The molecule has 142 valence electrons. The van der Waals surface area contributed by atoms with Crippen molar-refractivity contribution in [3.05, 3.63) is 58.6 Å². The van der Waals surface area contributed by atoms with E-state index in [9.17, 15) is 9.59 Å². The molecule has 6 heteroatoms. The lowest BCUT2D eigenvalue weighted by atomic mass is 10.1. The second-order valence-corrected chi connectivity index (χ2v) is 8.62. The Morgan fingerprint density at radius 1 is 1.18 bits per heavy atom. The van der Waals surface area contributed by atoms with Crippen molar-refractivity contribution in [3.63, 3.8) is 0 Å². The molecule has 2 aliphatic rings. The van der Waals surface area contributed by atoms with E-state index in [1.807, 2.05) is 30.3 Å². The molecule has 28 heavy (non-hydrogen) atoms. The van der Waals surface area contributed by atoms with E-state index in [1.165, 1.54) is 17.5 Å². The molecule has 1 aromatic heterocycles.